The first kappa shape index (κ1) is 13.3. The molecule has 102 valence electrons. The summed E-state index contributed by atoms with van der Waals surface area (Å²) in [6.07, 6.45) is 8.22. The number of hydrogen-bond acceptors (Lipinski definition) is 4. The van der Waals surface area contributed by atoms with Crippen LogP contribution in [0.2, 0.25) is 0 Å². The van der Waals surface area contributed by atoms with E-state index < -0.39 is 0 Å². The van der Waals surface area contributed by atoms with Gasteiger partial charge in [0.1, 0.15) is 0 Å². The highest BCUT2D eigenvalue weighted by molar-refractivity contribution is 7.12. The summed E-state index contributed by atoms with van der Waals surface area (Å²) in [7, 11) is 0. The first-order chi connectivity index (χ1) is 9.36. The monoisotopic (exact) mass is 292 g/mol. The van der Waals surface area contributed by atoms with E-state index in [1.165, 1.54) is 35.6 Å². The molecule has 2 nitrogen and oxygen atoms in total. The zero-order valence-corrected chi connectivity index (χ0v) is 12.9. The Morgan fingerprint density at radius 3 is 3.00 bits per heavy atom. The lowest BCUT2D eigenvalue weighted by molar-refractivity contribution is 0.556. The Morgan fingerprint density at radius 1 is 1.37 bits per heavy atom. The Hall–Kier alpha value is -0.710. The minimum atomic E-state index is 0.437. The van der Waals surface area contributed by atoms with E-state index in [1.807, 2.05) is 17.5 Å². The second-order valence-corrected chi connectivity index (χ2v) is 7.19. The molecule has 1 unspecified atom stereocenters. The summed E-state index contributed by atoms with van der Waals surface area (Å²) >= 11 is 3.78. The van der Waals surface area contributed by atoms with Crippen molar-refractivity contribution in [3.63, 3.8) is 0 Å². The topological polar surface area (TPSA) is 24.9 Å². The third kappa shape index (κ3) is 3.07. The molecule has 0 bridgehead atoms. The van der Waals surface area contributed by atoms with Crippen LogP contribution < -0.4 is 5.32 Å². The second kappa shape index (κ2) is 6.16. The van der Waals surface area contributed by atoms with E-state index in [-0.39, 0.29) is 0 Å². The summed E-state index contributed by atoms with van der Waals surface area (Å²) in [5, 5.41) is 6.92. The van der Waals surface area contributed by atoms with Crippen molar-refractivity contribution in [2.45, 2.75) is 45.1 Å². The van der Waals surface area contributed by atoms with Crippen molar-refractivity contribution in [2.24, 2.45) is 0 Å². The van der Waals surface area contributed by atoms with E-state index in [0.29, 0.717) is 6.04 Å². The van der Waals surface area contributed by atoms with Gasteiger partial charge in [-0.1, -0.05) is 6.92 Å². The number of fused-ring (bicyclic) bond motifs is 1. The Labute approximate surface area is 122 Å². The van der Waals surface area contributed by atoms with E-state index in [4.69, 9.17) is 0 Å². The standard InChI is InChI=1S/C15H20N2S2/c1-2-16-12(10-15-17-7-8-18-15)14-9-11-5-3-4-6-13(11)19-14/h7-9,12,16H,2-6,10H2,1H3. The smallest absolute Gasteiger partial charge is 0.0944 e. The summed E-state index contributed by atoms with van der Waals surface area (Å²) in [5.41, 5.74) is 1.60. The maximum absolute atomic E-state index is 4.43. The second-order valence-electron chi connectivity index (χ2n) is 5.04. The molecule has 1 aliphatic carbocycles. The van der Waals surface area contributed by atoms with Gasteiger partial charge in [0.25, 0.3) is 0 Å². The summed E-state index contributed by atoms with van der Waals surface area (Å²) in [6.45, 7) is 3.20. The van der Waals surface area contributed by atoms with E-state index >= 15 is 0 Å². The molecule has 1 N–H and O–H groups in total. The quantitative estimate of drug-likeness (QED) is 0.901. The summed E-state index contributed by atoms with van der Waals surface area (Å²) < 4.78 is 0. The van der Waals surface area contributed by atoms with Crippen molar-refractivity contribution in [3.8, 4) is 0 Å². The maximum Gasteiger partial charge on any atom is 0.0944 e. The number of likely N-dealkylation sites (N-methyl/N-ethyl adjacent to an activating group) is 1. The van der Waals surface area contributed by atoms with Gasteiger partial charge < -0.3 is 5.32 Å². The Balaban J connectivity index is 1.80. The summed E-state index contributed by atoms with van der Waals surface area (Å²) in [4.78, 5) is 7.56. The van der Waals surface area contributed by atoms with Crippen LogP contribution in [0.15, 0.2) is 17.6 Å². The summed E-state index contributed by atoms with van der Waals surface area (Å²) in [6, 6.07) is 2.88. The number of thiazole rings is 1. The largest absolute Gasteiger partial charge is 0.309 e. The number of hydrogen-bond donors (Lipinski definition) is 1. The van der Waals surface area contributed by atoms with Gasteiger partial charge in [-0.3, -0.25) is 0 Å². The van der Waals surface area contributed by atoms with E-state index in [1.54, 1.807) is 21.8 Å². The lowest BCUT2D eigenvalue weighted by Gasteiger charge is -2.14. The van der Waals surface area contributed by atoms with Gasteiger partial charge in [-0.15, -0.1) is 22.7 Å². The molecule has 1 aliphatic rings. The predicted octanol–water partition coefficient (Wildman–Crippen LogP) is 3.98. The van der Waals surface area contributed by atoms with Crippen LogP contribution in [-0.4, -0.2) is 11.5 Å². The molecule has 0 aromatic carbocycles. The van der Waals surface area contributed by atoms with E-state index in [0.717, 1.165) is 13.0 Å². The molecule has 2 heterocycles. The Morgan fingerprint density at radius 2 is 2.26 bits per heavy atom. The van der Waals surface area contributed by atoms with Gasteiger partial charge in [0.2, 0.25) is 0 Å². The molecular formula is C15H20N2S2. The third-order valence-corrected chi connectivity index (χ3v) is 5.82. The van der Waals surface area contributed by atoms with Crippen LogP contribution in [0, 0.1) is 0 Å². The Bertz CT molecular complexity index is 493. The molecule has 1 atom stereocenters. The van der Waals surface area contributed by atoms with Gasteiger partial charge in [0.05, 0.1) is 5.01 Å². The van der Waals surface area contributed by atoms with E-state index in [2.05, 4.69) is 28.7 Å². The highest BCUT2D eigenvalue weighted by Gasteiger charge is 2.19. The summed E-state index contributed by atoms with van der Waals surface area (Å²) in [5.74, 6) is 0. The third-order valence-electron chi connectivity index (χ3n) is 3.67. The van der Waals surface area contributed by atoms with Crippen LogP contribution in [-0.2, 0) is 19.3 Å². The van der Waals surface area contributed by atoms with Crippen molar-refractivity contribution in [1.29, 1.82) is 0 Å². The molecule has 0 radical (unpaired) electrons. The molecule has 0 fully saturated rings. The van der Waals surface area contributed by atoms with Gasteiger partial charge in [-0.25, -0.2) is 4.98 Å². The average Bonchev–Trinajstić information content (AvgIpc) is 3.06. The molecular weight excluding hydrogens is 272 g/mol. The van der Waals surface area contributed by atoms with Crippen molar-refractivity contribution in [2.75, 3.05) is 6.54 Å². The predicted molar refractivity (Wildman–Crippen MR) is 83.2 cm³/mol. The van der Waals surface area contributed by atoms with Crippen LogP contribution in [0.3, 0.4) is 0 Å². The van der Waals surface area contributed by atoms with Crippen molar-refractivity contribution in [3.05, 3.63) is 38.0 Å². The lowest BCUT2D eigenvalue weighted by atomic mass is 9.98. The number of aromatic nitrogens is 1. The molecule has 0 aliphatic heterocycles. The minimum absolute atomic E-state index is 0.437. The molecule has 0 spiro atoms. The number of nitrogens with one attached hydrogen (secondary N) is 1. The van der Waals surface area contributed by atoms with Crippen LogP contribution in [0.4, 0.5) is 0 Å². The fraction of sp³-hybridized carbons (Fsp3) is 0.533. The van der Waals surface area contributed by atoms with Crippen LogP contribution in [0.25, 0.3) is 0 Å². The van der Waals surface area contributed by atoms with Crippen LogP contribution in [0.5, 0.6) is 0 Å². The van der Waals surface area contributed by atoms with Gasteiger partial charge in [-0.05, 0) is 43.9 Å². The minimum Gasteiger partial charge on any atom is -0.309 e. The van der Waals surface area contributed by atoms with Crippen molar-refractivity contribution in [1.82, 2.24) is 10.3 Å². The zero-order valence-electron chi connectivity index (χ0n) is 11.3. The number of thiophene rings is 1. The number of aryl methyl sites for hydroxylation is 2. The number of rotatable bonds is 5. The highest BCUT2D eigenvalue weighted by atomic mass is 32.1. The molecule has 0 saturated carbocycles. The average molecular weight is 292 g/mol. The van der Waals surface area contributed by atoms with E-state index in [9.17, 15) is 0 Å². The molecule has 0 amide bonds. The van der Waals surface area contributed by atoms with Crippen LogP contribution in [0.1, 0.15) is 46.1 Å². The fourth-order valence-electron chi connectivity index (χ4n) is 2.73. The van der Waals surface area contributed by atoms with Gasteiger partial charge in [0, 0.05) is 33.8 Å². The first-order valence-corrected chi connectivity index (χ1v) is 8.79. The van der Waals surface area contributed by atoms with Crippen molar-refractivity contribution >= 4 is 22.7 Å². The molecule has 3 rings (SSSR count). The molecule has 2 aromatic rings. The SMILES string of the molecule is CCNC(Cc1nccs1)c1cc2c(s1)CCCC2. The zero-order chi connectivity index (χ0) is 13.1. The molecule has 0 saturated heterocycles. The highest BCUT2D eigenvalue weighted by Crippen LogP contribution is 2.34. The van der Waals surface area contributed by atoms with Gasteiger partial charge in [-0.2, -0.15) is 0 Å². The fourth-order valence-corrected chi connectivity index (χ4v) is 4.73. The van der Waals surface area contributed by atoms with Gasteiger partial charge >= 0.3 is 0 Å². The van der Waals surface area contributed by atoms with Crippen molar-refractivity contribution < 1.29 is 0 Å². The van der Waals surface area contributed by atoms with Gasteiger partial charge in [0.15, 0.2) is 0 Å². The first-order valence-electron chi connectivity index (χ1n) is 7.10. The Kier molecular flexibility index (Phi) is 4.31. The normalized spacial score (nSPS) is 16.3. The van der Waals surface area contributed by atoms with Crippen LogP contribution >= 0.6 is 22.7 Å². The number of nitrogens with zero attached hydrogens (tertiary/aromatic N) is 1. The lowest BCUT2D eigenvalue weighted by Crippen LogP contribution is -2.22. The molecule has 4 heteroatoms. The maximum atomic E-state index is 4.43. The molecule has 19 heavy (non-hydrogen) atoms. The molecule has 2 aromatic heterocycles.